The Balaban J connectivity index is 1.82. The molecule has 1 N–H and O–H groups in total. The van der Waals surface area contributed by atoms with Crippen molar-refractivity contribution < 1.29 is 14.6 Å². The molecule has 0 fully saturated rings. The molecule has 0 saturated heterocycles. The van der Waals surface area contributed by atoms with Gasteiger partial charge in [-0.1, -0.05) is 42.5 Å². The number of aromatic nitrogens is 1. The van der Waals surface area contributed by atoms with E-state index < -0.39 is 27.1 Å². The van der Waals surface area contributed by atoms with Crippen LogP contribution >= 0.6 is 0 Å². The Hall–Kier alpha value is -4.66. The minimum atomic E-state index is -0.772. The first-order valence-corrected chi connectivity index (χ1v) is 9.55. The molecule has 3 aromatic carbocycles. The van der Waals surface area contributed by atoms with Crippen molar-refractivity contribution in [3.63, 3.8) is 0 Å². The molecule has 0 radical (unpaired) electrons. The fourth-order valence-electron chi connectivity index (χ4n) is 3.44. The van der Waals surface area contributed by atoms with Crippen molar-refractivity contribution in [1.82, 2.24) is 4.98 Å². The van der Waals surface area contributed by atoms with Gasteiger partial charge in [0.05, 0.1) is 32.7 Å². The van der Waals surface area contributed by atoms with E-state index in [-0.39, 0.29) is 11.3 Å². The molecule has 4 rings (SSSR count). The number of nitrogens with one attached hydrogen (secondary N) is 1. The summed E-state index contributed by atoms with van der Waals surface area (Å²) in [7, 11) is 0. The van der Waals surface area contributed by atoms with Gasteiger partial charge in [0.15, 0.2) is 0 Å². The number of pyridine rings is 1. The van der Waals surface area contributed by atoms with Crippen LogP contribution in [0.25, 0.3) is 22.2 Å². The molecule has 0 unspecified atom stereocenters. The quantitative estimate of drug-likeness (QED) is 0.340. The van der Waals surface area contributed by atoms with Gasteiger partial charge in [-0.05, 0) is 30.7 Å². The van der Waals surface area contributed by atoms with E-state index in [0.717, 1.165) is 29.3 Å². The Labute approximate surface area is 181 Å². The molecule has 1 heterocycles. The highest BCUT2D eigenvalue weighted by molar-refractivity contribution is 6.13. The molecule has 9 heteroatoms. The van der Waals surface area contributed by atoms with Gasteiger partial charge in [0, 0.05) is 17.0 Å². The first-order chi connectivity index (χ1) is 15.3. The maximum atomic E-state index is 13.2. The monoisotopic (exact) mass is 428 g/mol. The van der Waals surface area contributed by atoms with Crippen LogP contribution in [0.5, 0.6) is 0 Å². The zero-order valence-corrected chi connectivity index (χ0v) is 16.8. The zero-order valence-electron chi connectivity index (χ0n) is 16.8. The number of non-ortho nitro benzene ring substituents is 1. The first-order valence-electron chi connectivity index (χ1n) is 9.55. The van der Waals surface area contributed by atoms with E-state index in [9.17, 15) is 25.0 Å². The molecule has 9 nitrogen and oxygen atoms in total. The van der Waals surface area contributed by atoms with Crippen LogP contribution in [0, 0.1) is 27.2 Å². The summed E-state index contributed by atoms with van der Waals surface area (Å²) < 4.78 is 0. The van der Waals surface area contributed by atoms with Gasteiger partial charge in [-0.15, -0.1) is 0 Å². The predicted octanol–water partition coefficient (Wildman–Crippen LogP) is 5.28. The maximum Gasteiger partial charge on any atom is 0.299 e. The number of nitrogens with zero attached hydrogens (tertiary/aromatic N) is 3. The van der Waals surface area contributed by atoms with E-state index >= 15 is 0 Å². The highest BCUT2D eigenvalue weighted by atomic mass is 16.6. The lowest BCUT2D eigenvalue weighted by molar-refractivity contribution is -0.393. The predicted molar refractivity (Wildman–Crippen MR) is 120 cm³/mol. The second-order valence-electron chi connectivity index (χ2n) is 7.06. The van der Waals surface area contributed by atoms with Gasteiger partial charge in [-0.2, -0.15) is 0 Å². The average molecular weight is 428 g/mol. The van der Waals surface area contributed by atoms with Gasteiger partial charge in [0.25, 0.3) is 17.3 Å². The van der Waals surface area contributed by atoms with Crippen LogP contribution in [0.4, 0.5) is 17.1 Å². The summed E-state index contributed by atoms with van der Waals surface area (Å²) in [4.78, 5) is 38.8. The molecule has 0 aliphatic carbocycles. The molecule has 0 aliphatic heterocycles. The molecule has 1 amide bonds. The van der Waals surface area contributed by atoms with Crippen LogP contribution in [0.15, 0.2) is 72.8 Å². The van der Waals surface area contributed by atoms with Crippen molar-refractivity contribution in [2.24, 2.45) is 0 Å². The van der Waals surface area contributed by atoms with E-state index in [0.29, 0.717) is 16.6 Å². The molecular weight excluding hydrogens is 412 g/mol. The zero-order chi connectivity index (χ0) is 22.8. The van der Waals surface area contributed by atoms with Crippen molar-refractivity contribution in [2.75, 3.05) is 5.32 Å². The molecule has 0 atom stereocenters. The summed E-state index contributed by atoms with van der Waals surface area (Å²) in [5.74, 6) is -0.588. The van der Waals surface area contributed by atoms with Crippen LogP contribution in [0.3, 0.4) is 0 Å². The molecule has 0 saturated carbocycles. The van der Waals surface area contributed by atoms with Crippen molar-refractivity contribution >= 4 is 33.9 Å². The number of nitro groups is 2. The van der Waals surface area contributed by atoms with Crippen LogP contribution in [-0.2, 0) is 0 Å². The number of carbonyl (C=O) groups excluding carboxylic acids is 1. The third-order valence-electron chi connectivity index (χ3n) is 5.02. The first kappa shape index (κ1) is 20.6. The average Bonchev–Trinajstić information content (AvgIpc) is 2.78. The van der Waals surface area contributed by atoms with Gasteiger partial charge < -0.3 is 5.32 Å². The SMILES string of the molecule is Cc1ccccc1-c1cc(C(=O)Nc2ccc([N+](=O)[O-])cc2[N+](=O)[O-])c2ccccc2n1. The van der Waals surface area contributed by atoms with Gasteiger partial charge >= 0.3 is 0 Å². The third-order valence-corrected chi connectivity index (χ3v) is 5.02. The van der Waals surface area contributed by atoms with Crippen molar-refractivity contribution in [3.8, 4) is 11.3 Å². The number of hydrogen-bond acceptors (Lipinski definition) is 6. The van der Waals surface area contributed by atoms with Gasteiger partial charge in [0.1, 0.15) is 5.69 Å². The number of benzene rings is 3. The molecule has 0 bridgehead atoms. The van der Waals surface area contributed by atoms with E-state index in [2.05, 4.69) is 10.3 Å². The van der Waals surface area contributed by atoms with Gasteiger partial charge in [-0.25, -0.2) is 4.98 Å². The summed E-state index contributed by atoms with van der Waals surface area (Å²) in [6.07, 6.45) is 0. The van der Waals surface area contributed by atoms with E-state index in [1.54, 1.807) is 30.3 Å². The Morgan fingerprint density at radius 1 is 0.906 bits per heavy atom. The second kappa shape index (κ2) is 8.23. The number of rotatable bonds is 5. The Kier molecular flexibility index (Phi) is 5.30. The Morgan fingerprint density at radius 2 is 1.62 bits per heavy atom. The van der Waals surface area contributed by atoms with Crippen LogP contribution in [0.2, 0.25) is 0 Å². The topological polar surface area (TPSA) is 128 Å². The highest BCUT2D eigenvalue weighted by Gasteiger charge is 2.22. The lowest BCUT2D eigenvalue weighted by Gasteiger charge is -2.12. The van der Waals surface area contributed by atoms with Crippen LogP contribution in [-0.4, -0.2) is 20.7 Å². The number of nitro benzene ring substituents is 2. The lowest BCUT2D eigenvalue weighted by Crippen LogP contribution is -2.14. The number of hydrogen-bond donors (Lipinski definition) is 1. The normalized spacial score (nSPS) is 10.7. The summed E-state index contributed by atoms with van der Waals surface area (Å²) in [5, 5.41) is 25.5. The van der Waals surface area contributed by atoms with E-state index in [1.165, 1.54) is 0 Å². The number of para-hydroxylation sites is 1. The highest BCUT2D eigenvalue weighted by Crippen LogP contribution is 2.31. The van der Waals surface area contributed by atoms with Gasteiger partial charge in [0.2, 0.25) is 0 Å². The molecule has 0 aliphatic rings. The second-order valence-corrected chi connectivity index (χ2v) is 7.06. The molecule has 0 spiro atoms. The number of fused-ring (bicyclic) bond motifs is 1. The van der Waals surface area contributed by atoms with Crippen LogP contribution in [0.1, 0.15) is 15.9 Å². The number of anilines is 1. The number of carbonyl (C=O) groups is 1. The van der Waals surface area contributed by atoms with Crippen molar-refractivity contribution in [2.45, 2.75) is 6.92 Å². The molecular formula is C23H16N4O5. The third kappa shape index (κ3) is 3.86. The standard InChI is InChI=1S/C23H16N4O5/c1-14-6-2-3-7-16(14)21-13-18(17-8-4-5-9-19(17)24-21)23(28)25-20-11-10-15(26(29)30)12-22(20)27(31)32/h2-13H,1H3,(H,25,28). The number of aryl methyl sites for hydroxylation is 1. The minimum Gasteiger partial charge on any atom is -0.316 e. The minimum absolute atomic E-state index is 0.135. The molecule has 4 aromatic rings. The van der Waals surface area contributed by atoms with E-state index in [1.807, 2.05) is 31.2 Å². The fourth-order valence-corrected chi connectivity index (χ4v) is 3.44. The van der Waals surface area contributed by atoms with Crippen LogP contribution < -0.4 is 5.32 Å². The van der Waals surface area contributed by atoms with Gasteiger partial charge in [-0.3, -0.25) is 25.0 Å². The smallest absolute Gasteiger partial charge is 0.299 e. The molecule has 1 aromatic heterocycles. The Morgan fingerprint density at radius 3 is 2.34 bits per heavy atom. The van der Waals surface area contributed by atoms with Crippen molar-refractivity contribution in [3.05, 3.63) is 104 Å². The van der Waals surface area contributed by atoms with Crippen molar-refractivity contribution in [1.29, 1.82) is 0 Å². The fraction of sp³-hybridized carbons (Fsp3) is 0.0435. The summed E-state index contributed by atoms with van der Waals surface area (Å²) in [6.45, 7) is 1.94. The summed E-state index contributed by atoms with van der Waals surface area (Å²) in [5.41, 5.74) is 2.16. The lowest BCUT2D eigenvalue weighted by atomic mass is 10.0. The molecule has 32 heavy (non-hydrogen) atoms. The Bertz CT molecular complexity index is 1400. The molecule has 158 valence electrons. The maximum absolute atomic E-state index is 13.2. The largest absolute Gasteiger partial charge is 0.316 e. The summed E-state index contributed by atoms with van der Waals surface area (Å²) >= 11 is 0. The van der Waals surface area contributed by atoms with E-state index in [4.69, 9.17) is 0 Å². The summed E-state index contributed by atoms with van der Waals surface area (Å²) in [6, 6.07) is 19.4. The number of amides is 1.